The van der Waals surface area contributed by atoms with Crippen LogP contribution in [0.15, 0.2) is 170 Å². The van der Waals surface area contributed by atoms with Crippen LogP contribution in [0.5, 0.6) is 0 Å². The van der Waals surface area contributed by atoms with E-state index in [1.807, 2.05) is 17.5 Å². The van der Waals surface area contributed by atoms with E-state index in [1.54, 1.807) is 0 Å². The molecule has 3 heteroatoms. The van der Waals surface area contributed by atoms with E-state index in [1.165, 1.54) is 58.9 Å². The summed E-state index contributed by atoms with van der Waals surface area (Å²) < 4.78 is 2.53. The van der Waals surface area contributed by atoms with E-state index in [9.17, 15) is 0 Å². The standard InChI is InChI=1S/C48H34N2S/c1-48(2)42-17-8-6-15-38(42)39-26-24-37(29-43(39)48)50(35-22-19-32(20-23-35)31-11-4-3-5-12-31)36-14-10-13-33(27-36)34-21-25-40-44(28-34)49-30-46-47(40)41-16-7-9-18-45(41)51-46/h3-30H,1-2H3. The van der Waals surface area contributed by atoms with Gasteiger partial charge in [0.25, 0.3) is 0 Å². The van der Waals surface area contributed by atoms with Crippen LogP contribution in [-0.4, -0.2) is 4.98 Å². The largest absolute Gasteiger partial charge is 0.310 e. The average Bonchev–Trinajstić information content (AvgIpc) is 3.68. The minimum Gasteiger partial charge on any atom is -0.310 e. The molecule has 0 atom stereocenters. The van der Waals surface area contributed by atoms with Crippen LogP contribution < -0.4 is 4.90 Å². The zero-order valence-corrected chi connectivity index (χ0v) is 29.3. The summed E-state index contributed by atoms with van der Waals surface area (Å²) in [7, 11) is 0. The Morgan fingerprint density at radius 3 is 2.02 bits per heavy atom. The molecular formula is C48H34N2S. The van der Waals surface area contributed by atoms with Gasteiger partial charge in [-0.3, -0.25) is 4.98 Å². The van der Waals surface area contributed by atoms with Gasteiger partial charge in [0.05, 0.1) is 10.2 Å². The molecule has 0 radical (unpaired) electrons. The minimum absolute atomic E-state index is 0.0933. The molecule has 0 saturated carbocycles. The number of pyridine rings is 1. The highest BCUT2D eigenvalue weighted by molar-refractivity contribution is 7.26. The Kier molecular flexibility index (Phi) is 6.74. The molecule has 0 spiro atoms. The van der Waals surface area contributed by atoms with Gasteiger partial charge in [-0.25, -0.2) is 0 Å². The van der Waals surface area contributed by atoms with Crippen LogP contribution in [0.3, 0.4) is 0 Å². The summed E-state index contributed by atoms with van der Waals surface area (Å²) in [5.41, 5.74) is 14.4. The number of nitrogens with zero attached hydrogens (tertiary/aromatic N) is 2. The van der Waals surface area contributed by atoms with Crippen molar-refractivity contribution in [1.29, 1.82) is 0 Å². The predicted octanol–water partition coefficient (Wildman–Crippen LogP) is 13.7. The first-order valence-electron chi connectivity index (χ1n) is 17.5. The van der Waals surface area contributed by atoms with Crippen molar-refractivity contribution < 1.29 is 0 Å². The van der Waals surface area contributed by atoms with Crippen molar-refractivity contribution in [2.75, 3.05) is 4.90 Å². The molecule has 0 aliphatic heterocycles. The molecular weight excluding hydrogens is 637 g/mol. The Hall–Kier alpha value is -6.03. The third-order valence-electron chi connectivity index (χ3n) is 10.7. The second-order valence-electron chi connectivity index (χ2n) is 14.0. The van der Waals surface area contributed by atoms with Gasteiger partial charge in [-0.05, 0) is 93.0 Å². The Morgan fingerprint density at radius 2 is 1.14 bits per heavy atom. The van der Waals surface area contributed by atoms with Crippen molar-refractivity contribution in [3.05, 3.63) is 181 Å². The van der Waals surface area contributed by atoms with Crippen LogP contribution in [0.2, 0.25) is 0 Å². The maximum atomic E-state index is 4.94. The van der Waals surface area contributed by atoms with E-state index < -0.39 is 0 Å². The molecule has 0 N–H and O–H groups in total. The molecule has 0 saturated heterocycles. The van der Waals surface area contributed by atoms with Gasteiger partial charge in [0.1, 0.15) is 0 Å². The summed E-state index contributed by atoms with van der Waals surface area (Å²) in [6.45, 7) is 4.70. The zero-order valence-electron chi connectivity index (χ0n) is 28.5. The number of thiophene rings is 1. The van der Waals surface area contributed by atoms with Crippen molar-refractivity contribution in [2.24, 2.45) is 0 Å². The number of aromatic nitrogens is 1. The molecule has 2 aromatic heterocycles. The lowest BCUT2D eigenvalue weighted by atomic mass is 9.82. The fourth-order valence-electron chi connectivity index (χ4n) is 8.13. The number of fused-ring (bicyclic) bond motifs is 8. The van der Waals surface area contributed by atoms with Crippen molar-refractivity contribution in [3.8, 4) is 33.4 Å². The maximum Gasteiger partial charge on any atom is 0.0715 e. The van der Waals surface area contributed by atoms with Crippen LogP contribution >= 0.6 is 11.3 Å². The van der Waals surface area contributed by atoms with E-state index >= 15 is 0 Å². The van der Waals surface area contributed by atoms with Gasteiger partial charge in [0.15, 0.2) is 0 Å². The molecule has 51 heavy (non-hydrogen) atoms. The van der Waals surface area contributed by atoms with Crippen molar-refractivity contribution in [3.63, 3.8) is 0 Å². The van der Waals surface area contributed by atoms with Crippen molar-refractivity contribution in [2.45, 2.75) is 19.3 Å². The molecule has 7 aromatic carbocycles. The average molecular weight is 671 g/mol. The van der Waals surface area contributed by atoms with Crippen LogP contribution in [-0.2, 0) is 5.41 Å². The third-order valence-corrected chi connectivity index (χ3v) is 11.8. The number of anilines is 3. The highest BCUT2D eigenvalue weighted by Crippen LogP contribution is 2.51. The molecule has 0 unspecified atom stereocenters. The Balaban J connectivity index is 1.10. The smallest absolute Gasteiger partial charge is 0.0715 e. The number of hydrogen-bond donors (Lipinski definition) is 0. The molecule has 0 fully saturated rings. The molecule has 9 aromatic rings. The van der Waals surface area contributed by atoms with Crippen LogP contribution in [0.1, 0.15) is 25.0 Å². The summed E-state index contributed by atoms with van der Waals surface area (Å²) in [5, 5.41) is 3.80. The lowest BCUT2D eigenvalue weighted by Crippen LogP contribution is -2.16. The molecule has 2 nitrogen and oxygen atoms in total. The summed E-state index contributed by atoms with van der Waals surface area (Å²) in [4.78, 5) is 7.34. The SMILES string of the molecule is CC1(C)c2ccccc2-c2ccc(N(c3ccc(-c4ccccc4)cc3)c3cccc(-c4ccc5c(c4)ncc4sc6ccccc6c45)c3)cc21. The highest BCUT2D eigenvalue weighted by Gasteiger charge is 2.35. The van der Waals surface area contributed by atoms with Gasteiger partial charge in [0, 0.05) is 49.5 Å². The van der Waals surface area contributed by atoms with Gasteiger partial charge in [-0.2, -0.15) is 0 Å². The second-order valence-corrected chi connectivity index (χ2v) is 15.1. The molecule has 2 heterocycles. The van der Waals surface area contributed by atoms with Crippen LogP contribution in [0, 0.1) is 0 Å². The van der Waals surface area contributed by atoms with E-state index in [0.717, 1.165) is 33.7 Å². The Bertz CT molecular complexity index is 2780. The van der Waals surface area contributed by atoms with E-state index in [4.69, 9.17) is 4.98 Å². The lowest BCUT2D eigenvalue weighted by molar-refractivity contribution is 0.660. The summed E-state index contributed by atoms with van der Waals surface area (Å²) in [6, 6.07) is 59.8. The lowest BCUT2D eigenvalue weighted by Gasteiger charge is -2.28. The number of benzene rings is 7. The van der Waals surface area contributed by atoms with Gasteiger partial charge >= 0.3 is 0 Å². The highest BCUT2D eigenvalue weighted by atomic mass is 32.1. The number of hydrogen-bond acceptors (Lipinski definition) is 3. The van der Waals surface area contributed by atoms with E-state index in [-0.39, 0.29) is 5.41 Å². The summed E-state index contributed by atoms with van der Waals surface area (Å²) in [6.07, 6.45) is 2.04. The van der Waals surface area contributed by atoms with Crippen molar-refractivity contribution in [1.82, 2.24) is 4.98 Å². The summed E-state index contributed by atoms with van der Waals surface area (Å²) in [5.74, 6) is 0. The van der Waals surface area contributed by atoms with Crippen molar-refractivity contribution >= 4 is 59.5 Å². The van der Waals surface area contributed by atoms with Gasteiger partial charge in [0.2, 0.25) is 0 Å². The first kappa shape index (κ1) is 29.8. The fourth-order valence-corrected chi connectivity index (χ4v) is 9.22. The molecule has 242 valence electrons. The molecule has 1 aliphatic carbocycles. The van der Waals surface area contributed by atoms with Gasteiger partial charge in [-0.15, -0.1) is 11.3 Å². The van der Waals surface area contributed by atoms with E-state index in [0.29, 0.717) is 0 Å². The molecule has 1 aliphatic rings. The molecule has 0 amide bonds. The van der Waals surface area contributed by atoms with E-state index in [2.05, 4.69) is 183 Å². The first-order valence-corrected chi connectivity index (χ1v) is 18.4. The minimum atomic E-state index is -0.0933. The van der Waals surface area contributed by atoms with Gasteiger partial charge < -0.3 is 4.90 Å². The van der Waals surface area contributed by atoms with Crippen LogP contribution in [0.25, 0.3) is 64.5 Å². The Labute approximate surface area is 301 Å². The molecule has 0 bridgehead atoms. The zero-order chi connectivity index (χ0) is 34.1. The predicted molar refractivity (Wildman–Crippen MR) is 218 cm³/mol. The Morgan fingerprint density at radius 1 is 0.471 bits per heavy atom. The topological polar surface area (TPSA) is 16.1 Å². The monoisotopic (exact) mass is 670 g/mol. The van der Waals surface area contributed by atoms with Crippen LogP contribution in [0.4, 0.5) is 17.1 Å². The quantitative estimate of drug-likeness (QED) is 0.181. The molecule has 10 rings (SSSR count). The number of rotatable bonds is 5. The summed E-state index contributed by atoms with van der Waals surface area (Å²) >= 11 is 1.81. The normalized spacial score (nSPS) is 13.1. The third kappa shape index (κ3) is 4.80. The fraction of sp³-hybridized carbons (Fsp3) is 0.0625. The maximum absolute atomic E-state index is 4.94. The first-order chi connectivity index (χ1) is 25.0. The van der Waals surface area contributed by atoms with Gasteiger partial charge in [-0.1, -0.05) is 129 Å². The second kappa shape index (κ2) is 11.5.